The number of aromatic nitrogens is 3. The number of fused-ring (bicyclic) bond motifs is 1. The van der Waals surface area contributed by atoms with E-state index in [1.165, 1.54) is 0 Å². The van der Waals surface area contributed by atoms with Gasteiger partial charge in [0.05, 0.1) is 28.2 Å². The van der Waals surface area contributed by atoms with Gasteiger partial charge in [-0.05, 0) is 29.8 Å². The summed E-state index contributed by atoms with van der Waals surface area (Å²) in [6, 6.07) is 12.8. The first-order valence-electron chi connectivity index (χ1n) is 5.84. The largest absolute Gasteiger partial charge is 0.192 e. The van der Waals surface area contributed by atoms with Gasteiger partial charge in [0.25, 0.3) is 0 Å². The van der Waals surface area contributed by atoms with Crippen LogP contribution in [0.3, 0.4) is 0 Å². The van der Waals surface area contributed by atoms with Crippen molar-refractivity contribution in [2.45, 2.75) is 6.54 Å². The summed E-state index contributed by atoms with van der Waals surface area (Å²) >= 11 is 11.9. The molecule has 0 saturated heterocycles. The number of rotatable bonds is 2. The number of nitriles is 1. The van der Waals surface area contributed by atoms with E-state index in [9.17, 15) is 0 Å². The molecule has 0 aliphatic carbocycles. The van der Waals surface area contributed by atoms with Crippen molar-refractivity contribution in [2.24, 2.45) is 0 Å². The van der Waals surface area contributed by atoms with Crippen molar-refractivity contribution in [2.75, 3.05) is 0 Å². The molecule has 3 rings (SSSR count). The lowest BCUT2D eigenvalue weighted by atomic mass is 10.1. The number of halogens is 2. The van der Waals surface area contributed by atoms with Crippen LogP contribution in [0.5, 0.6) is 0 Å². The molecule has 0 unspecified atom stereocenters. The van der Waals surface area contributed by atoms with E-state index in [-0.39, 0.29) is 0 Å². The molecular weight excluding hydrogens is 295 g/mol. The molecule has 0 radical (unpaired) electrons. The Morgan fingerprint density at radius 3 is 2.30 bits per heavy atom. The fourth-order valence-electron chi connectivity index (χ4n) is 1.93. The van der Waals surface area contributed by atoms with Crippen molar-refractivity contribution in [1.29, 1.82) is 5.26 Å². The van der Waals surface area contributed by atoms with Gasteiger partial charge < -0.3 is 0 Å². The highest BCUT2D eigenvalue weighted by atomic mass is 35.5. The second-order valence-electron chi connectivity index (χ2n) is 4.30. The monoisotopic (exact) mass is 302 g/mol. The molecule has 98 valence electrons. The third-order valence-corrected chi connectivity index (χ3v) is 3.57. The number of nitrogens with zero attached hydrogens (tertiary/aromatic N) is 4. The zero-order valence-corrected chi connectivity index (χ0v) is 11.7. The molecule has 3 aromatic rings. The minimum atomic E-state index is 0.456. The second-order valence-corrected chi connectivity index (χ2v) is 5.11. The van der Waals surface area contributed by atoms with Gasteiger partial charge in [0.2, 0.25) is 0 Å². The maximum atomic E-state index is 8.89. The number of hydrogen-bond acceptors (Lipinski definition) is 3. The Hall–Kier alpha value is -2.09. The molecule has 0 bridgehead atoms. The van der Waals surface area contributed by atoms with Crippen LogP contribution in [0.4, 0.5) is 0 Å². The Labute approximate surface area is 125 Å². The van der Waals surface area contributed by atoms with E-state index in [2.05, 4.69) is 16.3 Å². The summed E-state index contributed by atoms with van der Waals surface area (Å²) in [4.78, 5) is 1.56. The first-order chi connectivity index (χ1) is 9.65. The molecule has 0 spiro atoms. The van der Waals surface area contributed by atoms with Crippen LogP contribution in [0, 0.1) is 11.3 Å². The summed E-state index contributed by atoms with van der Waals surface area (Å²) in [6.45, 7) is 0.486. The summed E-state index contributed by atoms with van der Waals surface area (Å²) in [7, 11) is 0. The lowest BCUT2D eigenvalue weighted by Crippen LogP contribution is -2.03. The highest BCUT2D eigenvalue weighted by molar-refractivity contribution is 6.42. The lowest BCUT2D eigenvalue weighted by Gasteiger charge is -2.00. The third-order valence-electron chi connectivity index (χ3n) is 2.84. The van der Waals surface area contributed by atoms with E-state index in [1.807, 2.05) is 18.2 Å². The average molecular weight is 303 g/mol. The van der Waals surface area contributed by atoms with Crippen molar-refractivity contribution < 1.29 is 0 Å². The fraction of sp³-hybridized carbons (Fsp3) is 0.0714. The molecule has 0 amide bonds. The van der Waals surface area contributed by atoms with Gasteiger partial charge in [-0.15, -0.1) is 0 Å². The molecule has 6 heteroatoms. The van der Waals surface area contributed by atoms with Crippen LogP contribution in [0.2, 0.25) is 10.0 Å². The summed E-state index contributed by atoms with van der Waals surface area (Å²) in [6.07, 6.45) is 0. The zero-order chi connectivity index (χ0) is 14.1. The van der Waals surface area contributed by atoms with Crippen LogP contribution in [-0.4, -0.2) is 15.0 Å². The van der Waals surface area contributed by atoms with Crippen LogP contribution >= 0.6 is 23.2 Å². The highest BCUT2D eigenvalue weighted by Crippen LogP contribution is 2.25. The zero-order valence-electron chi connectivity index (χ0n) is 10.2. The van der Waals surface area contributed by atoms with Gasteiger partial charge in [-0.3, -0.25) is 0 Å². The summed E-state index contributed by atoms with van der Waals surface area (Å²) in [5.41, 5.74) is 2.96. The summed E-state index contributed by atoms with van der Waals surface area (Å²) in [5, 5.41) is 18.5. The molecule has 0 N–H and O–H groups in total. The van der Waals surface area contributed by atoms with E-state index in [1.54, 1.807) is 23.0 Å². The van der Waals surface area contributed by atoms with Crippen molar-refractivity contribution in [3.05, 3.63) is 57.6 Å². The molecule has 0 aliphatic rings. The molecule has 0 aliphatic heterocycles. The molecule has 0 fully saturated rings. The quantitative estimate of drug-likeness (QED) is 0.726. The van der Waals surface area contributed by atoms with E-state index < -0.39 is 0 Å². The minimum absolute atomic E-state index is 0.456. The Morgan fingerprint density at radius 2 is 1.70 bits per heavy atom. The Balaban J connectivity index is 1.96. The fourth-order valence-corrected chi connectivity index (χ4v) is 2.25. The predicted octanol–water partition coefficient (Wildman–Crippen LogP) is 3.66. The van der Waals surface area contributed by atoms with Crippen LogP contribution in [-0.2, 0) is 6.54 Å². The Bertz CT molecular complexity index is 794. The average Bonchev–Trinajstić information content (AvgIpc) is 2.80. The van der Waals surface area contributed by atoms with Crippen molar-refractivity contribution in [3.63, 3.8) is 0 Å². The minimum Gasteiger partial charge on any atom is -0.192 e. The van der Waals surface area contributed by atoms with Crippen LogP contribution in [0.15, 0.2) is 36.4 Å². The van der Waals surface area contributed by atoms with E-state index >= 15 is 0 Å². The van der Waals surface area contributed by atoms with Crippen LogP contribution in [0.25, 0.3) is 11.0 Å². The van der Waals surface area contributed by atoms with Gasteiger partial charge in [0.1, 0.15) is 11.0 Å². The van der Waals surface area contributed by atoms with Gasteiger partial charge in [-0.2, -0.15) is 20.3 Å². The van der Waals surface area contributed by atoms with Gasteiger partial charge in [0.15, 0.2) is 0 Å². The van der Waals surface area contributed by atoms with Crippen molar-refractivity contribution >= 4 is 34.2 Å². The predicted molar refractivity (Wildman–Crippen MR) is 77.8 cm³/mol. The van der Waals surface area contributed by atoms with E-state index in [0.717, 1.165) is 5.56 Å². The van der Waals surface area contributed by atoms with Crippen molar-refractivity contribution in [1.82, 2.24) is 15.0 Å². The van der Waals surface area contributed by atoms with E-state index in [4.69, 9.17) is 28.5 Å². The van der Waals surface area contributed by atoms with Gasteiger partial charge in [0, 0.05) is 0 Å². The first kappa shape index (κ1) is 12.9. The van der Waals surface area contributed by atoms with Crippen molar-refractivity contribution in [3.8, 4) is 6.07 Å². The normalized spacial score (nSPS) is 10.7. The highest BCUT2D eigenvalue weighted by Gasteiger charge is 2.07. The standard InChI is InChI=1S/C14H8Cl2N4/c15-11-5-13-14(6-12(11)16)19-20(18-13)8-10-3-1-2-9(4-10)7-17/h1-6H,8H2. The van der Waals surface area contributed by atoms with Gasteiger partial charge >= 0.3 is 0 Å². The molecule has 0 atom stereocenters. The molecule has 1 heterocycles. The smallest absolute Gasteiger partial charge is 0.114 e. The number of benzene rings is 2. The second kappa shape index (κ2) is 5.12. The molecule has 4 nitrogen and oxygen atoms in total. The Morgan fingerprint density at radius 1 is 1.05 bits per heavy atom. The summed E-state index contributed by atoms with van der Waals surface area (Å²) < 4.78 is 0. The molecule has 0 saturated carbocycles. The lowest BCUT2D eigenvalue weighted by molar-refractivity contribution is 0.600. The molecular formula is C14H8Cl2N4. The van der Waals surface area contributed by atoms with E-state index in [0.29, 0.717) is 33.2 Å². The molecule has 1 aromatic heterocycles. The molecule has 20 heavy (non-hydrogen) atoms. The number of hydrogen-bond donors (Lipinski definition) is 0. The summed E-state index contributed by atoms with van der Waals surface area (Å²) in [5.74, 6) is 0. The maximum Gasteiger partial charge on any atom is 0.114 e. The SMILES string of the molecule is N#Cc1cccc(Cn2nc3cc(Cl)c(Cl)cc3n2)c1. The van der Waals surface area contributed by atoms with Gasteiger partial charge in [-0.25, -0.2) is 0 Å². The maximum absolute atomic E-state index is 8.89. The Kier molecular flexibility index (Phi) is 3.31. The molecule has 2 aromatic carbocycles. The first-order valence-corrected chi connectivity index (χ1v) is 6.60. The van der Waals surface area contributed by atoms with Crippen LogP contribution < -0.4 is 0 Å². The van der Waals surface area contributed by atoms with Crippen LogP contribution in [0.1, 0.15) is 11.1 Å². The van der Waals surface area contributed by atoms with Gasteiger partial charge in [-0.1, -0.05) is 35.3 Å². The topological polar surface area (TPSA) is 54.5 Å². The third kappa shape index (κ3) is 2.46.